The number of urea groups is 1. The lowest BCUT2D eigenvalue weighted by molar-refractivity contribution is -0.131. The second-order valence-electron chi connectivity index (χ2n) is 15.8. The zero-order chi connectivity index (χ0) is 46.1. The van der Waals surface area contributed by atoms with E-state index in [0.717, 1.165) is 65.7 Å². The minimum Gasteiger partial charge on any atom is -0.496 e. The summed E-state index contributed by atoms with van der Waals surface area (Å²) >= 11 is 0. The highest BCUT2D eigenvalue weighted by molar-refractivity contribution is 6.04. The van der Waals surface area contributed by atoms with Crippen LogP contribution in [0.4, 0.5) is 4.79 Å². The Morgan fingerprint density at radius 2 is 1.56 bits per heavy atom. The number of pyridine rings is 1. The van der Waals surface area contributed by atoms with Crippen LogP contribution in [0.5, 0.6) is 17.2 Å². The van der Waals surface area contributed by atoms with Crippen LogP contribution < -0.4 is 35.7 Å². The van der Waals surface area contributed by atoms with Crippen molar-refractivity contribution in [3.05, 3.63) is 74.7 Å². The van der Waals surface area contributed by atoms with Crippen molar-refractivity contribution in [1.29, 1.82) is 0 Å². The zero-order valence-corrected chi connectivity index (χ0v) is 37.7. The van der Waals surface area contributed by atoms with Crippen molar-refractivity contribution in [2.45, 2.75) is 83.8 Å². The summed E-state index contributed by atoms with van der Waals surface area (Å²) < 4.78 is 18.8. The number of likely N-dealkylation sites (N-methyl/N-ethyl adjacent to an activating group) is 1. The van der Waals surface area contributed by atoms with E-state index in [2.05, 4.69) is 16.0 Å². The Morgan fingerprint density at radius 1 is 0.905 bits per heavy atom. The molecule has 0 saturated carbocycles. The molecule has 6 amide bonds. The molecule has 1 atom stereocenters. The number of aldehydes is 1. The number of ether oxygens (including phenoxy) is 3. The van der Waals surface area contributed by atoms with Gasteiger partial charge in [-0.05, 0) is 82.1 Å². The van der Waals surface area contributed by atoms with Crippen LogP contribution in [-0.4, -0.2) is 123 Å². The van der Waals surface area contributed by atoms with Gasteiger partial charge in [0.25, 0.3) is 17.4 Å². The molecule has 0 radical (unpaired) electrons. The standard InChI is InChI=1S/C46H63N7O10/c1-31-33(45(59)53(30-55)38(17-15-23-54)43(57)47-2)16-14-18-39(31)63-29-42(56)48-20-12-10-8-9-11-13-21-49-46(60)52-22-19-34-35(27-51(5)44(58)36(34)28-52)32-24-40(61-6)37(26-50(3)4)41(25-32)62-7/h14,16,18,23-25,27,30,38H,8-13,15,17,19-22,26,28-29H2,1-7H3,(H,47,57)(H,48,56)(H,49,60). The molecule has 1 aliphatic rings. The first-order chi connectivity index (χ1) is 30.3. The number of amides is 6. The molecule has 1 unspecified atom stereocenters. The lowest BCUT2D eigenvalue weighted by atomic mass is 9.91. The normalized spacial score (nSPS) is 12.5. The summed E-state index contributed by atoms with van der Waals surface area (Å²) in [6.45, 7) is 3.68. The molecule has 1 aromatic heterocycles. The van der Waals surface area contributed by atoms with Crippen LogP contribution >= 0.6 is 0 Å². The van der Waals surface area contributed by atoms with Crippen molar-refractivity contribution in [2.24, 2.45) is 7.05 Å². The third-order valence-electron chi connectivity index (χ3n) is 11.1. The van der Waals surface area contributed by atoms with E-state index in [0.29, 0.717) is 61.5 Å². The van der Waals surface area contributed by atoms with E-state index in [1.54, 1.807) is 49.8 Å². The van der Waals surface area contributed by atoms with E-state index >= 15 is 0 Å². The number of carbonyl (C=O) groups excluding carboxylic acids is 6. The average Bonchev–Trinajstić information content (AvgIpc) is 3.28. The van der Waals surface area contributed by atoms with Gasteiger partial charge >= 0.3 is 6.03 Å². The topological polar surface area (TPSA) is 198 Å². The molecule has 0 aliphatic carbocycles. The molecule has 63 heavy (non-hydrogen) atoms. The van der Waals surface area contributed by atoms with Crippen molar-refractivity contribution in [2.75, 3.05) is 61.6 Å². The molecule has 0 fully saturated rings. The van der Waals surface area contributed by atoms with Gasteiger partial charge in [0.1, 0.15) is 29.6 Å². The van der Waals surface area contributed by atoms with Gasteiger partial charge in [0.15, 0.2) is 6.61 Å². The van der Waals surface area contributed by atoms with Crippen molar-refractivity contribution >= 4 is 36.4 Å². The van der Waals surface area contributed by atoms with E-state index in [9.17, 15) is 33.6 Å². The number of hydrogen-bond acceptors (Lipinski definition) is 11. The maximum absolute atomic E-state index is 13.3. The number of nitrogens with one attached hydrogen (secondary N) is 3. The van der Waals surface area contributed by atoms with Crippen LogP contribution in [0.15, 0.2) is 41.3 Å². The number of benzene rings is 2. The first-order valence-electron chi connectivity index (χ1n) is 21.4. The number of nitrogens with zero attached hydrogens (tertiary/aromatic N) is 4. The van der Waals surface area contributed by atoms with Gasteiger partial charge in [-0.2, -0.15) is 0 Å². The smallest absolute Gasteiger partial charge is 0.317 e. The Balaban J connectivity index is 1.16. The Hall–Kier alpha value is -6.23. The SMILES string of the molecule is CNC(=O)C(CCC=O)N(C=O)C(=O)c1cccc(OCC(=O)NCCCCCCCCNC(=O)N2CCc3c(-c4cc(OC)c(CN(C)C)c(OC)c4)cn(C)c(=O)c3C2)c1C. The lowest BCUT2D eigenvalue weighted by Gasteiger charge is -2.30. The van der Waals surface area contributed by atoms with Gasteiger partial charge in [0, 0.05) is 75.1 Å². The predicted octanol–water partition coefficient (Wildman–Crippen LogP) is 3.74. The highest BCUT2D eigenvalue weighted by Crippen LogP contribution is 2.38. The van der Waals surface area contributed by atoms with Gasteiger partial charge in [-0.1, -0.05) is 31.7 Å². The third kappa shape index (κ3) is 13.1. The van der Waals surface area contributed by atoms with Crippen LogP contribution in [0.25, 0.3) is 11.1 Å². The minimum atomic E-state index is -1.16. The molecule has 2 heterocycles. The van der Waals surface area contributed by atoms with Gasteiger partial charge in [0.2, 0.25) is 12.3 Å². The van der Waals surface area contributed by atoms with E-state index < -0.39 is 17.9 Å². The largest absolute Gasteiger partial charge is 0.496 e. The van der Waals surface area contributed by atoms with Crippen LogP contribution in [0, 0.1) is 6.92 Å². The summed E-state index contributed by atoms with van der Waals surface area (Å²) in [6.07, 6.45) is 8.64. The molecule has 3 N–H and O–H groups in total. The molecule has 0 spiro atoms. The number of aryl methyl sites for hydroxylation is 1. The highest BCUT2D eigenvalue weighted by atomic mass is 16.5. The van der Waals surface area contributed by atoms with Crippen molar-refractivity contribution < 1.29 is 43.0 Å². The Kier molecular flexibility index (Phi) is 19.2. The summed E-state index contributed by atoms with van der Waals surface area (Å²) in [5.74, 6) is 0.0637. The van der Waals surface area contributed by atoms with E-state index in [-0.39, 0.29) is 61.2 Å². The first kappa shape index (κ1) is 49.4. The number of methoxy groups -OCH3 is 2. The van der Waals surface area contributed by atoms with Crippen LogP contribution in [0.1, 0.15) is 84.0 Å². The van der Waals surface area contributed by atoms with Crippen LogP contribution in [0.2, 0.25) is 0 Å². The number of fused-ring (bicyclic) bond motifs is 1. The molecule has 1 aliphatic heterocycles. The number of unbranched alkanes of at least 4 members (excludes halogenated alkanes) is 5. The molecule has 0 bridgehead atoms. The van der Waals surface area contributed by atoms with Crippen LogP contribution in [-0.2, 0) is 45.7 Å². The van der Waals surface area contributed by atoms with Gasteiger partial charge in [-0.25, -0.2) is 4.79 Å². The third-order valence-corrected chi connectivity index (χ3v) is 11.1. The molecule has 0 saturated heterocycles. The van der Waals surface area contributed by atoms with Crippen LogP contribution in [0.3, 0.4) is 0 Å². The Labute approximate surface area is 369 Å². The van der Waals surface area contributed by atoms with Gasteiger partial charge in [-0.3, -0.25) is 28.9 Å². The molecule has 3 aromatic rings. The fraction of sp³-hybridized carbons (Fsp3) is 0.500. The fourth-order valence-corrected chi connectivity index (χ4v) is 7.71. The maximum Gasteiger partial charge on any atom is 0.317 e. The van der Waals surface area contributed by atoms with Gasteiger partial charge in [-0.15, -0.1) is 0 Å². The molecular formula is C46H63N7O10. The zero-order valence-electron chi connectivity index (χ0n) is 37.7. The number of rotatable bonds is 24. The monoisotopic (exact) mass is 873 g/mol. The fourth-order valence-electron chi connectivity index (χ4n) is 7.71. The molecule has 17 nitrogen and oxygen atoms in total. The van der Waals surface area contributed by atoms with E-state index in [1.807, 2.05) is 37.3 Å². The average molecular weight is 874 g/mol. The number of hydrogen-bond donors (Lipinski definition) is 3. The Bertz CT molecular complexity index is 2130. The summed E-state index contributed by atoms with van der Waals surface area (Å²) in [4.78, 5) is 92.1. The van der Waals surface area contributed by atoms with Gasteiger partial charge in [0.05, 0.1) is 26.3 Å². The summed E-state index contributed by atoms with van der Waals surface area (Å²) in [5, 5.41) is 8.28. The van der Waals surface area contributed by atoms with Crippen molar-refractivity contribution in [1.82, 2.24) is 35.2 Å². The van der Waals surface area contributed by atoms with Crippen molar-refractivity contribution in [3.63, 3.8) is 0 Å². The molecule has 17 heteroatoms. The summed E-state index contributed by atoms with van der Waals surface area (Å²) in [6, 6.07) is 7.27. The molecule has 342 valence electrons. The number of carbonyl (C=O) groups is 6. The van der Waals surface area contributed by atoms with E-state index in [1.165, 1.54) is 13.1 Å². The number of aromatic nitrogens is 1. The van der Waals surface area contributed by atoms with Crippen molar-refractivity contribution in [3.8, 4) is 28.4 Å². The summed E-state index contributed by atoms with van der Waals surface area (Å²) in [5.41, 5.74) is 4.66. The van der Waals surface area contributed by atoms with E-state index in [4.69, 9.17) is 14.2 Å². The second-order valence-corrected chi connectivity index (χ2v) is 15.8. The Morgan fingerprint density at radius 3 is 2.16 bits per heavy atom. The highest BCUT2D eigenvalue weighted by Gasteiger charge is 2.31. The second kappa shape index (κ2) is 24.4. The quantitative estimate of drug-likeness (QED) is 0.0876. The number of imide groups is 1. The molecule has 2 aromatic carbocycles. The first-order valence-corrected chi connectivity index (χ1v) is 21.4. The predicted molar refractivity (Wildman–Crippen MR) is 238 cm³/mol. The molecule has 4 rings (SSSR count). The van der Waals surface area contributed by atoms with Gasteiger partial charge < -0.3 is 49.3 Å². The summed E-state index contributed by atoms with van der Waals surface area (Å²) in [7, 11) is 10.3. The lowest BCUT2D eigenvalue weighted by Crippen LogP contribution is -2.48. The molecular weight excluding hydrogens is 811 g/mol. The minimum absolute atomic E-state index is 0.0121. The maximum atomic E-state index is 13.3.